The van der Waals surface area contributed by atoms with Crippen molar-refractivity contribution in [3.8, 4) is 0 Å². The molecule has 0 aliphatic carbocycles. The van der Waals surface area contributed by atoms with Crippen molar-refractivity contribution in [2.24, 2.45) is 5.92 Å². The van der Waals surface area contributed by atoms with Gasteiger partial charge < -0.3 is 5.32 Å². The van der Waals surface area contributed by atoms with Gasteiger partial charge in [0, 0.05) is 13.0 Å². The molecule has 0 bridgehead atoms. The van der Waals surface area contributed by atoms with E-state index in [1.54, 1.807) is 6.07 Å². The molecule has 0 saturated carbocycles. The van der Waals surface area contributed by atoms with Crippen molar-refractivity contribution in [2.75, 3.05) is 11.4 Å². The number of carbonyl (C=O) groups is 2. The fourth-order valence-electron chi connectivity index (χ4n) is 1.79. The molecule has 1 aliphatic rings. The van der Waals surface area contributed by atoms with Gasteiger partial charge in [0.25, 0.3) is 0 Å². The Labute approximate surface area is 98.4 Å². The fourth-order valence-corrected chi connectivity index (χ4v) is 1.79. The SMILES string of the molecule is CC1CNC(=O)N(c2ccccc2F)C(=O)C1. The Morgan fingerprint density at radius 1 is 1.35 bits per heavy atom. The van der Waals surface area contributed by atoms with Gasteiger partial charge in [-0.05, 0) is 18.1 Å². The van der Waals surface area contributed by atoms with E-state index < -0.39 is 11.8 Å². The summed E-state index contributed by atoms with van der Waals surface area (Å²) in [5.74, 6) is -0.897. The summed E-state index contributed by atoms with van der Waals surface area (Å²) < 4.78 is 13.6. The Hall–Kier alpha value is -1.91. The maximum absolute atomic E-state index is 13.6. The molecule has 3 amide bonds. The first-order valence-corrected chi connectivity index (χ1v) is 5.45. The average Bonchev–Trinajstić information content (AvgIpc) is 2.40. The topological polar surface area (TPSA) is 49.4 Å². The fraction of sp³-hybridized carbons (Fsp3) is 0.333. The van der Waals surface area contributed by atoms with Crippen molar-refractivity contribution in [2.45, 2.75) is 13.3 Å². The highest BCUT2D eigenvalue weighted by Crippen LogP contribution is 2.22. The van der Waals surface area contributed by atoms with Crippen LogP contribution in [0.3, 0.4) is 0 Å². The molecule has 1 N–H and O–H groups in total. The summed E-state index contributed by atoms with van der Waals surface area (Å²) in [5.41, 5.74) is 0.00380. The van der Waals surface area contributed by atoms with Crippen LogP contribution >= 0.6 is 0 Å². The second-order valence-corrected chi connectivity index (χ2v) is 4.18. The minimum atomic E-state index is -0.578. The third kappa shape index (κ3) is 2.27. The van der Waals surface area contributed by atoms with Gasteiger partial charge in [-0.25, -0.2) is 14.1 Å². The quantitative estimate of drug-likeness (QED) is 0.809. The predicted octanol–water partition coefficient (Wildman–Crippen LogP) is 1.91. The van der Waals surface area contributed by atoms with Gasteiger partial charge in [0.15, 0.2) is 0 Å². The molecule has 0 spiro atoms. The number of para-hydroxylation sites is 1. The number of rotatable bonds is 1. The zero-order valence-electron chi connectivity index (χ0n) is 9.44. The molecule has 1 aromatic rings. The van der Waals surface area contributed by atoms with Crippen molar-refractivity contribution in [1.82, 2.24) is 5.32 Å². The molecule has 5 heteroatoms. The summed E-state index contributed by atoms with van der Waals surface area (Å²) in [7, 11) is 0. The normalized spacial score (nSPS) is 21.1. The van der Waals surface area contributed by atoms with Crippen LogP contribution in [0.2, 0.25) is 0 Å². The second-order valence-electron chi connectivity index (χ2n) is 4.18. The number of nitrogens with zero attached hydrogens (tertiary/aromatic N) is 1. The molecular weight excluding hydrogens is 223 g/mol. The van der Waals surface area contributed by atoms with Gasteiger partial charge in [0.1, 0.15) is 5.82 Å². The first-order valence-electron chi connectivity index (χ1n) is 5.45. The van der Waals surface area contributed by atoms with Gasteiger partial charge in [-0.3, -0.25) is 4.79 Å². The summed E-state index contributed by atoms with van der Waals surface area (Å²) in [6.07, 6.45) is 0.229. The average molecular weight is 236 g/mol. The predicted molar refractivity (Wildman–Crippen MR) is 61.1 cm³/mol. The Morgan fingerprint density at radius 2 is 2.06 bits per heavy atom. The number of halogens is 1. The van der Waals surface area contributed by atoms with Crippen molar-refractivity contribution in [3.05, 3.63) is 30.1 Å². The third-order valence-electron chi connectivity index (χ3n) is 2.67. The molecule has 2 rings (SSSR count). The number of hydrogen-bond acceptors (Lipinski definition) is 2. The molecule has 90 valence electrons. The van der Waals surface area contributed by atoms with Gasteiger partial charge in [-0.2, -0.15) is 0 Å². The maximum Gasteiger partial charge on any atom is 0.328 e. The van der Waals surface area contributed by atoms with Gasteiger partial charge in [0.2, 0.25) is 5.91 Å². The van der Waals surface area contributed by atoms with Crippen molar-refractivity contribution in [3.63, 3.8) is 0 Å². The maximum atomic E-state index is 13.6. The summed E-state index contributed by atoms with van der Waals surface area (Å²) >= 11 is 0. The smallest absolute Gasteiger partial charge is 0.328 e. The van der Waals surface area contributed by atoms with Crippen LogP contribution in [0.25, 0.3) is 0 Å². The Morgan fingerprint density at radius 3 is 2.76 bits per heavy atom. The van der Waals surface area contributed by atoms with Crippen LogP contribution in [0.1, 0.15) is 13.3 Å². The highest BCUT2D eigenvalue weighted by molar-refractivity contribution is 6.14. The van der Waals surface area contributed by atoms with Gasteiger partial charge in [-0.1, -0.05) is 19.1 Å². The lowest BCUT2D eigenvalue weighted by Gasteiger charge is -2.18. The molecular formula is C12H13FN2O2. The zero-order valence-corrected chi connectivity index (χ0v) is 9.44. The Balaban J connectivity index is 2.38. The van der Waals surface area contributed by atoms with Crippen molar-refractivity contribution >= 4 is 17.6 Å². The van der Waals surface area contributed by atoms with Crippen LogP contribution in [-0.4, -0.2) is 18.5 Å². The molecule has 17 heavy (non-hydrogen) atoms. The van der Waals surface area contributed by atoms with E-state index in [1.165, 1.54) is 18.2 Å². The number of nitrogens with one attached hydrogen (secondary N) is 1. The van der Waals surface area contributed by atoms with Crippen molar-refractivity contribution < 1.29 is 14.0 Å². The van der Waals surface area contributed by atoms with Gasteiger partial charge in [-0.15, -0.1) is 0 Å². The molecule has 0 aromatic heterocycles. The molecule has 1 fully saturated rings. The molecule has 4 nitrogen and oxygen atoms in total. The van der Waals surface area contributed by atoms with E-state index in [1.807, 2.05) is 6.92 Å². The summed E-state index contributed by atoms with van der Waals surface area (Å²) in [5, 5.41) is 2.60. The van der Waals surface area contributed by atoms with E-state index in [4.69, 9.17) is 0 Å². The summed E-state index contributed by atoms with van der Waals surface area (Å²) in [6.45, 7) is 2.29. The van der Waals surface area contributed by atoms with Crippen LogP contribution in [0.4, 0.5) is 14.9 Å². The molecule has 0 radical (unpaired) electrons. The number of carbonyl (C=O) groups excluding carboxylic acids is 2. The Kier molecular flexibility index (Phi) is 3.08. The lowest BCUT2D eigenvalue weighted by atomic mass is 10.1. The molecule has 1 unspecified atom stereocenters. The van der Waals surface area contributed by atoms with Gasteiger partial charge >= 0.3 is 6.03 Å². The van der Waals surface area contributed by atoms with Crippen molar-refractivity contribution in [1.29, 1.82) is 0 Å². The van der Waals surface area contributed by atoms with Crippen LogP contribution in [0.5, 0.6) is 0 Å². The van der Waals surface area contributed by atoms with Crippen LogP contribution in [0, 0.1) is 11.7 Å². The molecule has 1 aromatic carbocycles. The van der Waals surface area contributed by atoms with E-state index in [0.717, 1.165) is 4.90 Å². The van der Waals surface area contributed by atoms with Crippen LogP contribution in [0.15, 0.2) is 24.3 Å². The largest absolute Gasteiger partial charge is 0.337 e. The number of imide groups is 1. The van der Waals surface area contributed by atoms with Crippen LogP contribution in [-0.2, 0) is 4.79 Å². The lowest BCUT2D eigenvalue weighted by Crippen LogP contribution is -2.41. The van der Waals surface area contributed by atoms with Gasteiger partial charge in [0.05, 0.1) is 5.69 Å². The summed E-state index contributed by atoms with van der Waals surface area (Å²) in [6, 6.07) is 5.19. The summed E-state index contributed by atoms with van der Waals surface area (Å²) in [4.78, 5) is 24.5. The molecule has 1 saturated heterocycles. The zero-order chi connectivity index (χ0) is 12.4. The monoisotopic (exact) mass is 236 g/mol. The minimum absolute atomic E-state index is 0.00380. The lowest BCUT2D eigenvalue weighted by molar-refractivity contribution is -0.118. The highest BCUT2D eigenvalue weighted by Gasteiger charge is 2.29. The molecule has 1 heterocycles. The molecule has 1 atom stereocenters. The number of hydrogen-bond donors (Lipinski definition) is 1. The molecule has 1 aliphatic heterocycles. The van der Waals surface area contributed by atoms with Crippen LogP contribution < -0.4 is 10.2 Å². The first-order chi connectivity index (χ1) is 8.09. The first kappa shape index (κ1) is 11.6. The van der Waals surface area contributed by atoms with E-state index in [-0.39, 0.29) is 23.9 Å². The third-order valence-corrected chi connectivity index (χ3v) is 2.67. The highest BCUT2D eigenvalue weighted by atomic mass is 19.1. The number of anilines is 1. The van der Waals surface area contributed by atoms with E-state index in [2.05, 4.69) is 5.32 Å². The number of urea groups is 1. The standard InChI is InChI=1S/C12H13FN2O2/c1-8-6-11(16)15(12(17)14-7-8)10-5-3-2-4-9(10)13/h2-5,8H,6-7H2,1H3,(H,14,17). The number of amides is 3. The van der Waals surface area contributed by atoms with E-state index in [9.17, 15) is 14.0 Å². The van der Waals surface area contributed by atoms with E-state index in [0.29, 0.717) is 6.54 Å². The van der Waals surface area contributed by atoms with E-state index >= 15 is 0 Å². The minimum Gasteiger partial charge on any atom is -0.337 e. The Bertz CT molecular complexity index is 462. The number of benzene rings is 1. The second kappa shape index (κ2) is 4.53.